The molecule has 3 aliphatic heterocycles. The van der Waals surface area contributed by atoms with Gasteiger partial charge >= 0.3 is 0 Å². The molecule has 0 saturated carbocycles. The predicted octanol–water partition coefficient (Wildman–Crippen LogP) is 5.70. The van der Waals surface area contributed by atoms with Crippen LogP contribution in [-0.4, -0.2) is 47.2 Å². The Hall–Kier alpha value is -3.24. The van der Waals surface area contributed by atoms with E-state index in [0.717, 1.165) is 26.2 Å². The maximum atomic E-state index is 6.58. The van der Waals surface area contributed by atoms with Crippen LogP contribution in [0, 0.1) is 0 Å². The van der Waals surface area contributed by atoms with E-state index in [1.54, 1.807) is 0 Å². The number of likely N-dealkylation sites (tertiary alicyclic amines) is 2. The van der Waals surface area contributed by atoms with E-state index in [1.165, 1.54) is 22.3 Å². The van der Waals surface area contributed by atoms with Crippen molar-refractivity contribution in [2.75, 3.05) is 26.2 Å². The zero-order chi connectivity index (χ0) is 23.3. The lowest BCUT2D eigenvalue weighted by molar-refractivity contribution is 0.0273. The summed E-state index contributed by atoms with van der Waals surface area (Å²) in [4.78, 5) is 5.18. The van der Waals surface area contributed by atoms with Gasteiger partial charge in [0.15, 0.2) is 0 Å². The molecule has 0 atom stereocenters. The van der Waals surface area contributed by atoms with Gasteiger partial charge in [-0.05, 0) is 22.3 Å². The smallest absolute Gasteiger partial charge is 0.126 e. The second-order valence-corrected chi connectivity index (χ2v) is 10.3. The molecule has 4 aromatic rings. The van der Waals surface area contributed by atoms with E-state index in [2.05, 4.69) is 131 Å². The van der Waals surface area contributed by atoms with E-state index in [-0.39, 0.29) is 23.3 Å². The fourth-order valence-corrected chi connectivity index (χ4v) is 6.41. The van der Waals surface area contributed by atoms with Crippen molar-refractivity contribution >= 4 is 0 Å². The van der Waals surface area contributed by atoms with Gasteiger partial charge in [-0.3, -0.25) is 9.80 Å². The number of benzene rings is 4. The molecule has 0 aliphatic carbocycles. The highest BCUT2D eigenvalue weighted by Gasteiger charge is 2.79. The van der Waals surface area contributed by atoms with Crippen molar-refractivity contribution in [3.8, 4) is 0 Å². The van der Waals surface area contributed by atoms with Gasteiger partial charge in [0.1, 0.15) is 11.2 Å². The fraction of sp³-hybridized carbons (Fsp3) is 0.250. The van der Waals surface area contributed by atoms with E-state index in [0.29, 0.717) is 0 Å². The summed E-state index contributed by atoms with van der Waals surface area (Å²) in [6.45, 7) is 3.99. The highest BCUT2D eigenvalue weighted by Crippen LogP contribution is 2.61. The summed E-state index contributed by atoms with van der Waals surface area (Å²) in [7, 11) is 0. The lowest BCUT2D eigenvalue weighted by Crippen LogP contribution is -2.67. The molecular formula is C32H30N2O. The Morgan fingerprint density at radius 2 is 0.686 bits per heavy atom. The highest BCUT2D eigenvalue weighted by atomic mass is 16.6. The highest BCUT2D eigenvalue weighted by molar-refractivity contribution is 5.39. The summed E-state index contributed by atoms with van der Waals surface area (Å²) in [5.41, 5.74) is 5.45. The van der Waals surface area contributed by atoms with Crippen molar-refractivity contribution < 1.29 is 4.74 Å². The van der Waals surface area contributed by atoms with Gasteiger partial charge in [-0.1, -0.05) is 121 Å². The molecule has 35 heavy (non-hydrogen) atoms. The lowest BCUT2D eigenvalue weighted by atomic mass is 9.77. The Labute approximate surface area is 207 Å². The predicted molar refractivity (Wildman–Crippen MR) is 139 cm³/mol. The van der Waals surface area contributed by atoms with Crippen molar-refractivity contribution in [3.05, 3.63) is 144 Å². The summed E-state index contributed by atoms with van der Waals surface area (Å²) >= 11 is 0. The van der Waals surface area contributed by atoms with E-state index in [1.807, 2.05) is 0 Å². The Bertz CT molecular complexity index is 1100. The second-order valence-electron chi connectivity index (χ2n) is 10.3. The van der Waals surface area contributed by atoms with Crippen LogP contribution in [0.15, 0.2) is 121 Å². The first-order valence-electron chi connectivity index (χ1n) is 12.7. The van der Waals surface area contributed by atoms with E-state index >= 15 is 0 Å². The molecule has 0 aromatic heterocycles. The number of rotatable bonds is 6. The molecule has 0 unspecified atom stereocenters. The van der Waals surface area contributed by atoms with Crippen LogP contribution < -0.4 is 0 Å². The van der Waals surface area contributed by atoms with Crippen molar-refractivity contribution in [2.24, 2.45) is 0 Å². The fourth-order valence-electron chi connectivity index (χ4n) is 6.41. The average molecular weight is 459 g/mol. The molecule has 7 rings (SSSR count). The van der Waals surface area contributed by atoms with Gasteiger partial charge in [0, 0.05) is 26.2 Å². The molecule has 3 heterocycles. The first kappa shape index (κ1) is 21.1. The van der Waals surface area contributed by atoms with Gasteiger partial charge < -0.3 is 4.74 Å². The third-order valence-corrected chi connectivity index (χ3v) is 8.20. The van der Waals surface area contributed by atoms with Crippen LogP contribution in [0.1, 0.15) is 34.3 Å². The van der Waals surface area contributed by atoms with Crippen LogP contribution in [0.2, 0.25) is 0 Å². The van der Waals surface area contributed by atoms with Crippen molar-refractivity contribution in [2.45, 2.75) is 23.3 Å². The largest absolute Gasteiger partial charge is 0.357 e. The van der Waals surface area contributed by atoms with Crippen LogP contribution >= 0.6 is 0 Å². The van der Waals surface area contributed by atoms with Gasteiger partial charge in [0.05, 0.1) is 12.1 Å². The minimum atomic E-state index is 0.0171. The molecule has 0 N–H and O–H groups in total. The van der Waals surface area contributed by atoms with Gasteiger partial charge in [0.25, 0.3) is 0 Å². The molecule has 3 nitrogen and oxygen atoms in total. The summed E-state index contributed by atoms with van der Waals surface area (Å²) < 4.78 is 6.58. The molecule has 0 radical (unpaired) electrons. The van der Waals surface area contributed by atoms with E-state index in [9.17, 15) is 0 Å². The third-order valence-electron chi connectivity index (χ3n) is 8.20. The van der Waals surface area contributed by atoms with E-state index < -0.39 is 0 Å². The molecule has 4 aromatic carbocycles. The van der Waals surface area contributed by atoms with E-state index in [4.69, 9.17) is 4.74 Å². The molecule has 3 saturated heterocycles. The summed E-state index contributed by atoms with van der Waals surface area (Å²) in [5, 5.41) is 0. The summed E-state index contributed by atoms with van der Waals surface area (Å²) in [6.07, 6.45) is 0. The topological polar surface area (TPSA) is 19.0 Å². The minimum absolute atomic E-state index is 0.0171. The molecule has 0 bridgehead atoms. The number of fused-ring (bicyclic) bond motifs is 1. The second kappa shape index (κ2) is 8.17. The van der Waals surface area contributed by atoms with Crippen LogP contribution in [0.5, 0.6) is 0 Å². The first-order valence-corrected chi connectivity index (χ1v) is 12.7. The Morgan fingerprint density at radius 3 is 0.943 bits per heavy atom. The van der Waals surface area contributed by atoms with Crippen molar-refractivity contribution in [1.29, 1.82) is 0 Å². The van der Waals surface area contributed by atoms with Crippen LogP contribution in [-0.2, 0) is 4.74 Å². The number of hydrogen-bond donors (Lipinski definition) is 0. The standard InChI is InChI=1S/C32H30N2O/c1-5-13-25(14-6-1)29(26-15-7-2-8-16-26)33-21-31(22-33)32(35-31)23-34(24-32)30(27-17-9-3-10-18-27)28-19-11-4-12-20-28/h1-20,29-30H,21-24H2. The van der Waals surface area contributed by atoms with Crippen molar-refractivity contribution in [3.63, 3.8) is 0 Å². The molecule has 3 heteroatoms. The molecule has 3 aliphatic rings. The van der Waals surface area contributed by atoms with Gasteiger partial charge in [-0.15, -0.1) is 0 Å². The zero-order valence-electron chi connectivity index (χ0n) is 19.8. The SMILES string of the molecule is c1ccc(C(c2ccccc2)N2CC3(C2)OC32CN(C(c3ccccc3)c3ccccc3)C2)cc1. The number of ether oxygens (including phenoxy) is 1. The summed E-state index contributed by atoms with van der Waals surface area (Å²) in [6, 6.07) is 44.1. The van der Waals surface area contributed by atoms with Gasteiger partial charge in [0.2, 0.25) is 0 Å². The summed E-state index contributed by atoms with van der Waals surface area (Å²) in [5.74, 6) is 0. The van der Waals surface area contributed by atoms with Gasteiger partial charge in [-0.25, -0.2) is 0 Å². The maximum Gasteiger partial charge on any atom is 0.126 e. The third kappa shape index (κ3) is 3.46. The Balaban J connectivity index is 1.09. The Morgan fingerprint density at radius 1 is 0.429 bits per heavy atom. The number of epoxide rings is 1. The molecule has 174 valence electrons. The first-order chi connectivity index (χ1) is 17.3. The average Bonchev–Trinajstić information content (AvgIpc) is 3.57. The Kier molecular flexibility index (Phi) is 4.92. The quantitative estimate of drug-likeness (QED) is 0.345. The number of nitrogens with zero attached hydrogens (tertiary/aromatic N) is 2. The minimum Gasteiger partial charge on any atom is -0.357 e. The van der Waals surface area contributed by atoms with Crippen LogP contribution in [0.25, 0.3) is 0 Å². The molecular weight excluding hydrogens is 428 g/mol. The monoisotopic (exact) mass is 458 g/mol. The molecule has 2 spiro atoms. The van der Waals surface area contributed by atoms with Crippen molar-refractivity contribution in [1.82, 2.24) is 9.80 Å². The lowest BCUT2D eigenvalue weighted by Gasteiger charge is -2.50. The van der Waals surface area contributed by atoms with Crippen LogP contribution in [0.3, 0.4) is 0 Å². The maximum absolute atomic E-state index is 6.58. The number of hydrogen-bond acceptors (Lipinski definition) is 3. The molecule has 3 fully saturated rings. The van der Waals surface area contributed by atoms with Crippen LogP contribution in [0.4, 0.5) is 0 Å². The normalized spacial score (nSPS) is 20.2. The van der Waals surface area contributed by atoms with Gasteiger partial charge in [-0.2, -0.15) is 0 Å². The zero-order valence-corrected chi connectivity index (χ0v) is 19.8. The molecule has 0 amide bonds.